The summed E-state index contributed by atoms with van der Waals surface area (Å²) in [5.41, 5.74) is 0. The molecular formula is C3H10BNO2S. The molecule has 0 heterocycles. The first kappa shape index (κ1) is 7.97. The van der Waals surface area contributed by atoms with Gasteiger partial charge in [0.1, 0.15) is 0 Å². The van der Waals surface area contributed by atoms with Gasteiger partial charge in [0.25, 0.3) is 7.12 Å². The lowest BCUT2D eigenvalue weighted by Crippen LogP contribution is -2.23. The van der Waals surface area contributed by atoms with Crippen LogP contribution in [0.1, 0.15) is 13.3 Å². The van der Waals surface area contributed by atoms with Crippen molar-refractivity contribution in [1.29, 1.82) is 0 Å². The molecule has 3 nitrogen and oxygen atoms in total. The van der Waals surface area contributed by atoms with Crippen LogP contribution in [0.15, 0.2) is 0 Å². The average molecular weight is 135 g/mol. The van der Waals surface area contributed by atoms with Crippen molar-refractivity contribution in [2.75, 3.05) is 6.54 Å². The summed E-state index contributed by atoms with van der Waals surface area (Å²) in [6.07, 6.45) is 0.840. The second kappa shape index (κ2) is 3.09. The molecule has 48 valence electrons. The highest BCUT2D eigenvalue weighted by Gasteiger charge is 1.95. The summed E-state index contributed by atoms with van der Waals surface area (Å²) in [7, 11) is -1.78. The highest BCUT2D eigenvalue weighted by atomic mass is 32.2. The van der Waals surface area contributed by atoms with E-state index in [2.05, 4.69) is 4.72 Å². The van der Waals surface area contributed by atoms with Gasteiger partial charge in [0.15, 0.2) is 9.87 Å². The smallest absolute Gasteiger partial charge is 0.226 e. The number of hydrogen-bond acceptors (Lipinski definition) is 2. The van der Waals surface area contributed by atoms with Crippen molar-refractivity contribution in [3.05, 3.63) is 0 Å². The van der Waals surface area contributed by atoms with E-state index >= 15 is 0 Å². The minimum Gasteiger partial charge on any atom is -0.226 e. The quantitative estimate of drug-likeness (QED) is 0.497. The van der Waals surface area contributed by atoms with E-state index in [4.69, 9.17) is 0 Å². The van der Waals surface area contributed by atoms with Crippen molar-refractivity contribution >= 4 is 17.0 Å². The fourth-order valence-electron chi connectivity index (χ4n) is 0.287. The molecule has 0 aliphatic carbocycles. The second-order valence-corrected chi connectivity index (χ2v) is 3.50. The van der Waals surface area contributed by atoms with E-state index in [9.17, 15) is 8.42 Å². The minimum atomic E-state index is -2.94. The third-order valence-electron chi connectivity index (χ3n) is 0.614. The Hall–Kier alpha value is -0.0251. The first-order valence-electron chi connectivity index (χ1n) is 2.51. The Kier molecular flexibility index (Phi) is 3.08. The summed E-state index contributed by atoms with van der Waals surface area (Å²) >= 11 is 0. The predicted molar refractivity (Wildman–Crippen MR) is 35.8 cm³/mol. The molecule has 0 saturated heterocycles. The Bertz CT molecular complexity index is 141. The van der Waals surface area contributed by atoms with Gasteiger partial charge in [0, 0.05) is 6.54 Å². The zero-order valence-corrected chi connectivity index (χ0v) is 5.96. The molecular weight excluding hydrogens is 125 g/mol. The average Bonchev–Trinajstić information content (AvgIpc) is 1.59. The zero-order chi connectivity index (χ0) is 6.62. The van der Waals surface area contributed by atoms with Gasteiger partial charge >= 0.3 is 0 Å². The predicted octanol–water partition coefficient (Wildman–Crippen LogP) is -1.14. The van der Waals surface area contributed by atoms with E-state index in [1.807, 2.05) is 6.92 Å². The van der Waals surface area contributed by atoms with Crippen LogP contribution in [0.4, 0.5) is 0 Å². The standard InChI is InChI=1S/C3H10BNO2S/c1-2-3-5-8(4,6)7/h5H,2-4H2,1H3. The van der Waals surface area contributed by atoms with Crippen LogP contribution in [0, 0.1) is 0 Å². The third kappa shape index (κ3) is 5.97. The SMILES string of the molecule is BS(=O)(=O)NCCC. The summed E-state index contributed by atoms with van der Waals surface area (Å²) in [6, 6.07) is 0. The van der Waals surface area contributed by atoms with Gasteiger partial charge in [-0.15, -0.1) is 0 Å². The van der Waals surface area contributed by atoms with Crippen molar-refractivity contribution in [3.63, 3.8) is 0 Å². The highest BCUT2D eigenvalue weighted by molar-refractivity contribution is 8.10. The van der Waals surface area contributed by atoms with Gasteiger partial charge in [0.05, 0.1) is 0 Å². The maximum atomic E-state index is 10.3. The van der Waals surface area contributed by atoms with Crippen molar-refractivity contribution in [2.24, 2.45) is 0 Å². The van der Waals surface area contributed by atoms with Gasteiger partial charge in [0.2, 0.25) is 0 Å². The molecule has 0 radical (unpaired) electrons. The molecule has 5 heteroatoms. The normalized spacial score (nSPS) is 11.6. The summed E-state index contributed by atoms with van der Waals surface area (Å²) in [4.78, 5) is 0. The molecule has 1 N–H and O–H groups in total. The van der Waals surface area contributed by atoms with E-state index < -0.39 is 9.87 Å². The highest BCUT2D eigenvalue weighted by Crippen LogP contribution is 1.73. The van der Waals surface area contributed by atoms with Crippen LogP contribution >= 0.6 is 0 Å². The topological polar surface area (TPSA) is 46.2 Å². The van der Waals surface area contributed by atoms with Gasteiger partial charge in [-0.25, -0.2) is 13.1 Å². The second-order valence-electron chi connectivity index (χ2n) is 1.67. The maximum absolute atomic E-state index is 10.3. The fourth-order valence-corrected chi connectivity index (χ4v) is 0.862. The molecule has 0 bridgehead atoms. The van der Waals surface area contributed by atoms with Gasteiger partial charge in [-0.1, -0.05) is 6.92 Å². The Labute approximate surface area is 50.8 Å². The van der Waals surface area contributed by atoms with Crippen LogP contribution in [-0.2, 0) is 9.87 Å². The molecule has 8 heavy (non-hydrogen) atoms. The third-order valence-corrected chi connectivity index (χ3v) is 1.34. The van der Waals surface area contributed by atoms with Crippen LogP contribution in [0.3, 0.4) is 0 Å². The maximum Gasteiger partial charge on any atom is 0.275 e. The van der Waals surface area contributed by atoms with E-state index in [-0.39, 0.29) is 0 Å². The Morgan fingerprint density at radius 2 is 2.12 bits per heavy atom. The summed E-state index contributed by atoms with van der Waals surface area (Å²) < 4.78 is 22.9. The number of hydrogen-bond donors (Lipinski definition) is 1. The molecule has 0 fully saturated rings. The fraction of sp³-hybridized carbons (Fsp3) is 1.00. The van der Waals surface area contributed by atoms with Crippen LogP contribution in [-0.4, -0.2) is 22.1 Å². The lowest BCUT2D eigenvalue weighted by molar-refractivity contribution is 0.595. The van der Waals surface area contributed by atoms with Crippen molar-refractivity contribution in [1.82, 2.24) is 4.72 Å². The Balaban J connectivity index is 3.42. The lowest BCUT2D eigenvalue weighted by Gasteiger charge is -1.95. The first-order valence-corrected chi connectivity index (χ1v) is 4.40. The summed E-state index contributed by atoms with van der Waals surface area (Å²) in [5, 5.41) is 0. The minimum absolute atomic E-state index is 0.541. The molecule has 0 atom stereocenters. The molecule has 0 amide bonds. The van der Waals surface area contributed by atoms with Gasteiger partial charge in [-0.2, -0.15) is 0 Å². The molecule has 0 aromatic rings. The summed E-state index contributed by atoms with van der Waals surface area (Å²) in [5.74, 6) is 0. The zero-order valence-electron chi connectivity index (χ0n) is 5.14. The summed E-state index contributed by atoms with van der Waals surface area (Å²) in [6.45, 7) is 2.46. The Morgan fingerprint density at radius 3 is 2.25 bits per heavy atom. The van der Waals surface area contributed by atoms with Gasteiger partial charge in [-0.05, 0) is 6.42 Å². The van der Waals surface area contributed by atoms with Gasteiger partial charge in [-0.3, -0.25) is 0 Å². The van der Waals surface area contributed by atoms with Crippen LogP contribution in [0.25, 0.3) is 0 Å². The van der Waals surface area contributed by atoms with E-state index in [0.29, 0.717) is 6.54 Å². The van der Waals surface area contributed by atoms with E-state index in [0.717, 1.165) is 13.5 Å². The van der Waals surface area contributed by atoms with Crippen molar-refractivity contribution in [2.45, 2.75) is 13.3 Å². The van der Waals surface area contributed by atoms with Crippen LogP contribution < -0.4 is 4.72 Å². The molecule has 0 spiro atoms. The number of rotatable bonds is 3. The molecule has 0 aromatic carbocycles. The van der Waals surface area contributed by atoms with Crippen LogP contribution in [0.5, 0.6) is 0 Å². The van der Waals surface area contributed by atoms with Crippen molar-refractivity contribution < 1.29 is 8.42 Å². The molecule has 0 aliphatic rings. The molecule has 0 unspecified atom stereocenters. The van der Waals surface area contributed by atoms with E-state index in [1.54, 1.807) is 0 Å². The van der Waals surface area contributed by atoms with E-state index in [1.165, 1.54) is 0 Å². The number of nitrogens with one attached hydrogen (secondary N) is 1. The van der Waals surface area contributed by atoms with Crippen LogP contribution in [0.2, 0.25) is 0 Å². The Morgan fingerprint density at radius 1 is 1.62 bits per heavy atom. The monoisotopic (exact) mass is 135 g/mol. The largest absolute Gasteiger partial charge is 0.275 e. The molecule has 0 aromatic heterocycles. The molecule has 0 aliphatic heterocycles. The van der Waals surface area contributed by atoms with Gasteiger partial charge < -0.3 is 0 Å². The molecule has 0 rings (SSSR count). The van der Waals surface area contributed by atoms with Crippen molar-refractivity contribution in [3.8, 4) is 0 Å². The lowest BCUT2D eigenvalue weighted by atomic mass is 10.5. The molecule has 0 saturated carbocycles. The first-order chi connectivity index (χ1) is 3.56.